The van der Waals surface area contributed by atoms with Crippen molar-refractivity contribution in [3.63, 3.8) is 0 Å². The zero-order valence-corrected chi connectivity index (χ0v) is 8.25. The van der Waals surface area contributed by atoms with E-state index in [1.54, 1.807) is 13.8 Å². The molecule has 0 N–H and O–H groups in total. The van der Waals surface area contributed by atoms with Crippen LogP contribution >= 0.6 is 0 Å². The molecule has 0 amide bonds. The van der Waals surface area contributed by atoms with Gasteiger partial charge in [-0.1, -0.05) is 13.3 Å². The number of rotatable bonds is 5. The van der Waals surface area contributed by atoms with Gasteiger partial charge in [-0.15, -0.1) is 0 Å². The zero-order valence-electron chi connectivity index (χ0n) is 8.25. The fraction of sp³-hybridized carbons (Fsp3) is 0.778. The van der Waals surface area contributed by atoms with Crippen LogP contribution in [0.5, 0.6) is 0 Å². The lowest BCUT2D eigenvalue weighted by Gasteiger charge is -2.27. The smallest absolute Gasteiger partial charge is 0.317 e. The van der Waals surface area contributed by atoms with E-state index in [1.165, 1.54) is 6.92 Å². The second-order valence-electron chi connectivity index (χ2n) is 3.09. The number of carboxylic acid groups (broad SMARTS) is 1. The molecule has 0 rings (SSSR count). The standard InChI is InChI=1S/C9H16O4/c1-4-6-9(3,7(10)11)8(12)13-5-2/h4-6H2,1-3H3,(H,10,11)/p-1/t9-/m1/s1. The van der Waals surface area contributed by atoms with Crippen LogP contribution in [0, 0.1) is 5.41 Å². The lowest BCUT2D eigenvalue weighted by molar-refractivity contribution is -0.317. The molecule has 4 nitrogen and oxygen atoms in total. The summed E-state index contributed by atoms with van der Waals surface area (Å²) in [5.74, 6) is -2.08. The first-order chi connectivity index (χ1) is 5.99. The van der Waals surface area contributed by atoms with Gasteiger partial charge in [-0.05, 0) is 20.3 Å². The Bertz CT molecular complexity index is 200. The van der Waals surface area contributed by atoms with Gasteiger partial charge in [0.25, 0.3) is 0 Å². The molecule has 0 unspecified atom stereocenters. The number of ether oxygens (including phenoxy) is 1. The molecule has 0 spiro atoms. The quantitative estimate of drug-likeness (QED) is 0.452. The van der Waals surface area contributed by atoms with E-state index in [4.69, 9.17) is 0 Å². The van der Waals surface area contributed by atoms with Crippen LogP contribution in [0.1, 0.15) is 33.6 Å². The molecule has 0 aliphatic heterocycles. The summed E-state index contributed by atoms with van der Waals surface area (Å²) in [6.45, 7) is 4.97. The minimum atomic E-state index is -1.50. The fourth-order valence-corrected chi connectivity index (χ4v) is 1.08. The van der Waals surface area contributed by atoms with Gasteiger partial charge in [-0.3, -0.25) is 4.79 Å². The van der Waals surface area contributed by atoms with E-state index in [0.29, 0.717) is 6.42 Å². The van der Waals surface area contributed by atoms with Crippen LogP contribution in [-0.2, 0) is 14.3 Å². The molecule has 0 aromatic carbocycles. The lowest BCUT2D eigenvalue weighted by Crippen LogP contribution is -2.46. The Labute approximate surface area is 77.9 Å². The maximum absolute atomic E-state index is 11.3. The molecule has 0 fully saturated rings. The molecule has 0 aromatic heterocycles. The van der Waals surface area contributed by atoms with Crippen molar-refractivity contribution in [2.24, 2.45) is 5.41 Å². The number of carbonyl (C=O) groups excluding carboxylic acids is 2. The highest BCUT2D eigenvalue weighted by atomic mass is 16.5. The van der Waals surface area contributed by atoms with Crippen LogP contribution in [-0.4, -0.2) is 18.5 Å². The summed E-state index contributed by atoms with van der Waals surface area (Å²) in [7, 11) is 0. The van der Waals surface area contributed by atoms with Crippen LogP contribution in [0.15, 0.2) is 0 Å². The summed E-state index contributed by atoms with van der Waals surface area (Å²) in [6, 6.07) is 0. The fourth-order valence-electron chi connectivity index (χ4n) is 1.08. The number of hydrogen-bond acceptors (Lipinski definition) is 4. The summed E-state index contributed by atoms with van der Waals surface area (Å²) >= 11 is 0. The van der Waals surface area contributed by atoms with E-state index >= 15 is 0 Å². The first-order valence-electron chi connectivity index (χ1n) is 4.37. The molecule has 0 aliphatic carbocycles. The highest BCUT2D eigenvalue weighted by Crippen LogP contribution is 2.24. The summed E-state index contributed by atoms with van der Waals surface area (Å²) in [5.41, 5.74) is -1.50. The van der Waals surface area contributed by atoms with E-state index in [2.05, 4.69) is 4.74 Å². The van der Waals surface area contributed by atoms with Gasteiger partial charge in [-0.25, -0.2) is 0 Å². The molecule has 1 atom stereocenters. The van der Waals surface area contributed by atoms with Gasteiger partial charge in [0.2, 0.25) is 0 Å². The van der Waals surface area contributed by atoms with Crippen LogP contribution < -0.4 is 5.11 Å². The topological polar surface area (TPSA) is 66.4 Å². The summed E-state index contributed by atoms with van der Waals surface area (Å²) in [5, 5.41) is 10.7. The van der Waals surface area contributed by atoms with E-state index in [0.717, 1.165) is 0 Å². The van der Waals surface area contributed by atoms with Crippen molar-refractivity contribution in [3.05, 3.63) is 0 Å². The van der Waals surface area contributed by atoms with Crippen molar-refractivity contribution in [2.45, 2.75) is 33.6 Å². The predicted octanol–water partition coefficient (Wildman–Crippen LogP) is 0.106. The molecular weight excluding hydrogens is 172 g/mol. The van der Waals surface area contributed by atoms with Gasteiger partial charge in [0, 0.05) is 0 Å². The van der Waals surface area contributed by atoms with Crippen LogP contribution in [0.4, 0.5) is 0 Å². The monoisotopic (exact) mass is 187 g/mol. The average molecular weight is 187 g/mol. The maximum atomic E-state index is 11.3. The van der Waals surface area contributed by atoms with Crippen molar-refractivity contribution in [1.82, 2.24) is 0 Å². The number of hydrogen-bond donors (Lipinski definition) is 0. The molecule has 0 bridgehead atoms. The molecule has 0 saturated heterocycles. The third-order valence-corrected chi connectivity index (χ3v) is 1.93. The Hall–Kier alpha value is -1.06. The lowest BCUT2D eigenvalue weighted by atomic mass is 9.86. The minimum absolute atomic E-state index is 0.186. The van der Waals surface area contributed by atoms with Crippen molar-refractivity contribution < 1.29 is 19.4 Å². The Balaban J connectivity index is 4.57. The Morgan fingerprint density at radius 2 is 1.92 bits per heavy atom. The van der Waals surface area contributed by atoms with Gasteiger partial charge >= 0.3 is 5.97 Å². The van der Waals surface area contributed by atoms with Crippen LogP contribution in [0.25, 0.3) is 0 Å². The van der Waals surface area contributed by atoms with Gasteiger partial charge in [0.1, 0.15) is 5.41 Å². The van der Waals surface area contributed by atoms with Crippen LogP contribution in [0.2, 0.25) is 0 Å². The summed E-state index contributed by atoms with van der Waals surface area (Å²) in [6.07, 6.45) is 0.845. The van der Waals surface area contributed by atoms with Crippen molar-refractivity contribution in [2.75, 3.05) is 6.61 Å². The Morgan fingerprint density at radius 1 is 1.38 bits per heavy atom. The molecule has 4 heteroatoms. The van der Waals surface area contributed by atoms with Gasteiger partial charge in [0.15, 0.2) is 0 Å². The Kier molecular flexibility index (Phi) is 4.45. The SMILES string of the molecule is CCC[C@](C)(C(=O)[O-])C(=O)OCC. The summed E-state index contributed by atoms with van der Waals surface area (Å²) in [4.78, 5) is 22.0. The highest BCUT2D eigenvalue weighted by Gasteiger charge is 2.35. The second kappa shape index (κ2) is 4.84. The van der Waals surface area contributed by atoms with E-state index in [1.807, 2.05) is 0 Å². The normalized spacial score (nSPS) is 14.7. The van der Waals surface area contributed by atoms with Crippen molar-refractivity contribution in [1.29, 1.82) is 0 Å². The van der Waals surface area contributed by atoms with Gasteiger partial charge in [0.05, 0.1) is 12.6 Å². The number of esters is 1. The number of carboxylic acids is 1. The highest BCUT2D eigenvalue weighted by molar-refractivity contribution is 5.97. The molecule has 0 heterocycles. The van der Waals surface area contributed by atoms with Crippen molar-refractivity contribution in [3.8, 4) is 0 Å². The summed E-state index contributed by atoms with van der Waals surface area (Å²) < 4.78 is 4.66. The Morgan fingerprint density at radius 3 is 2.23 bits per heavy atom. The molecule has 0 aromatic rings. The first kappa shape index (κ1) is 11.9. The third kappa shape index (κ3) is 2.72. The minimum Gasteiger partial charge on any atom is -0.549 e. The third-order valence-electron chi connectivity index (χ3n) is 1.93. The molecular formula is C9H15O4-. The second-order valence-corrected chi connectivity index (χ2v) is 3.09. The van der Waals surface area contributed by atoms with E-state index in [-0.39, 0.29) is 13.0 Å². The average Bonchev–Trinajstić information content (AvgIpc) is 2.04. The number of aliphatic carboxylic acids is 1. The van der Waals surface area contributed by atoms with Gasteiger partial charge in [-0.2, -0.15) is 0 Å². The molecule has 13 heavy (non-hydrogen) atoms. The predicted molar refractivity (Wildman–Crippen MR) is 44.7 cm³/mol. The zero-order chi connectivity index (χ0) is 10.5. The molecule has 0 saturated carbocycles. The van der Waals surface area contributed by atoms with Gasteiger partial charge < -0.3 is 14.6 Å². The van der Waals surface area contributed by atoms with E-state index < -0.39 is 17.4 Å². The molecule has 76 valence electrons. The largest absolute Gasteiger partial charge is 0.549 e. The molecule has 0 radical (unpaired) electrons. The molecule has 0 aliphatic rings. The first-order valence-corrected chi connectivity index (χ1v) is 4.37. The maximum Gasteiger partial charge on any atom is 0.317 e. The van der Waals surface area contributed by atoms with Crippen molar-refractivity contribution >= 4 is 11.9 Å². The number of carbonyl (C=O) groups is 2. The van der Waals surface area contributed by atoms with Crippen LogP contribution in [0.3, 0.4) is 0 Å². The van der Waals surface area contributed by atoms with E-state index in [9.17, 15) is 14.7 Å².